The molecular weight excluding hydrogens is 221 g/mol. The Balaban J connectivity index is 2.20. The third-order valence-corrected chi connectivity index (χ3v) is 2.24. The second-order valence-electron chi connectivity index (χ2n) is 3.48. The van der Waals surface area contributed by atoms with Gasteiger partial charge in [0.2, 0.25) is 0 Å². The van der Waals surface area contributed by atoms with Gasteiger partial charge in [0.05, 0.1) is 5.69 Å². The molecule has 0 heterocycles. The standard InChI is InChI=1S/C13H10FNO2/c14-10-5-3-4-9(8-10)13(17)15-11-6-1-2-7-12(11)16/h1-8,16H,(H,15,17). The predicted molar refractivity (Wildman–Crippen MR) is 62.5 cm³/mol. The molecule has 0 fully saturated rings. The van der Waals surface area contributed by atoms with Crippen molar-refractivity contribution in [2.75, 3.05) is 5.32 Å². The molecule has 0 spiro atoms. The number of carbonyl (C=O) groups is 1. The van der Waals surface area contributed by atoms with Crippen LogP contribution in [0.3, 0.4) is 0 Å². The SMILES string of the molecule is O=C(Nc1ccccc1O)c1cccc(F)c1. The first-order valence-corrected chi connectivity index (χ1v) is 5.02. The molecule has 0 aliphatic rings. The molecule has 0 bridgehead atoms. The molecule has 0 aliphatic heterocycles. The van der Waals surface area contributed by atoms with Crippen LogP contribution in [0.1, 0.15) is 10.4 Å². The van der Waals surface area contributed by atoms with Crippen molar-refractivity contribution in [1.82, 2.24) is 0 Å². The van der Waals surface area contributed by atoms with Crippen LogP contribution < -0.4 is 5.32 Å². The minimum Gasteiger partial charge on any atom is -0.506 e. The van der Waals surface area contributed by atoms with E-state index in [2.05, 4.69) is 5.32 Å². The minimum atomic E-state index is -0.477. The van der Waals surface area contributed by atoms with Gasteiger partial charge in [-0.1, -0.05) is 18.2 Å². The highest BCUT2D eigenvalue weighted by atomic mass is 19.1. The predicted octanol–water partition coefficient (Wildman–Crippen LogP) is 2.78. The summed E-state index contributed by atoms with van der Waals surface area (Å²) in [5, 5.41) is 12.0. The highest BCUT2D eigenvalue weighted by molar-refractivity contribution is 6.04. The number of rotatable bonds is 2. The number of nitrogens with one attached hydrogen (secondary N) is 1. The van der Waals surface area contributed by atoms with Gasteiger partial charge < -0.3 is 10.4 Å². The zero-order valence-electron chi connectivity index (χ0n) is 8.85. The van der Waals surface area contributed by atoms with Crippen molar-refractivity contribution >= 4 is 11.6 Å². The number of anilines is 1. The maximum atomic E-state index is 12.9. The molecular formula is C13H10FNO2. The van der Waals surface area contributed by atoms with Crippen LogP contribution in [0.25, 0.3) is 0 Å². The number of hydrogen-bond acceptors (Lipinski definition) is 2. The fraction of sp³-hybridized carbons (Fsp3) is 0. The molecule has 0 saturated carbocycles. The lowest BCUT2D eigenvalue weighted by molar-refractivity contribution is 0.102. The molecule has 1 amide bonds. The molecule has 2 aromatic rings. The van der Waals surface area contributed by atoms with Crippen molar-refractivity contribution in [3.05, 3.63) is 59.9 Å². The van der Waals surface area contributed by atoms with Crippen LogP contribution >= 0.6 is 0 Å². The lowest BCUT2D eigenvalue weighted by Gasteiger charge is -2.06. The number of halogens is 1. The highest BCUT2D eigenvalue weighted by Crippen LogP contribution is 2.22. The van der Waals surface area contributed by atoms with Crippen LogP contribution in [0, 0.1) is 5.82 Å². The van der Waals surface area contributed by atoms with Gasteiger partial charge in [-0.2, -0.15) is 0 Å². The first kappa shape index (κ1) is 11.1. The first-order chi connectivity index (χ1) is 8.16. The van der Waals surface area contributed by atoms with Crippen molar-refractivity contribution in [3.63, 3.8) is 0 Å². The molecule has 0 aliphatic carbocycles. The summed E-state index contributed by atoms with van der Waals surface area (Å²) in [6, 6.07) is 11.7. The third-order valence-electron chi connectivity index (χ3n) is 2.24. The molecule has 0 atom stereocenters. The van der Waals surface area contributed by atoms with Gasteiger partial charge in [-0.05, 0) is 30.3 Å². The fourth-order valence-corrected chi connectivity index (χ4v) is 1.40. The van der Waals surface area contributed by atoms with Gasteiger partial charge >= 0.3 is 0 Å². The summed E-state index contributed by atoms with van der Waals surface area (Å²) in [5.74, 6) is -0.974. The molecule has 0 unspecified atom stereocenters. The summed E-state index contributed by atoms with van der Waals surface area (Å²) in [6.07, 6.45) is 0. The summed E-state index contributed by atoms with van der Waals surface area (Å²) >= 11 is 0. The van der Waals surface area contributed by atoms with E-state index < -0.39 is 11.7 Å². The topological polar surface area (TPSA) is 49.3 Å². The van der Waals surface area contributed by atoms with Crippen LogP contribution in [0.2, 0.25) is 0 Å². The third kappa shape index (κ3) is 2.60. The van der Waals surface area contributed by atoms with Gasteiger partial charge in [0.1, 0.15) is 11.6 Å². The summed E-state index contributed by atoms with van der Waals surface area (Å²) in [5.41, 5.74) is 0.495. The number of amides is 1. The number of phenols is 1. The van der Waals surface area contributed by atoms with Gasteiger partial charge in [0.25, 0.3) is 5.91 Å². The van der Waals surface area contributed by atoms with E-state index in [0.717, 1.165) is 6.07 Å². The van der Waals surface area contributed by atoms with Gasteiger partial charge in [0.15, 0.2) is 0 Å². The number of para-hydroxylation sites is 2. The lowest BCUT2D eigenvalue weighted by Crippen LogP contribution is -2.12. The molecule has 0 aromatic heterocycles. The molecule has 2 aromatic carbocycles. The minimum absolute atomic E-state index is 0.0303. The van der Waals surface area contributed by atoms with Crippen molar-refractivity contribution in [2.45, 2.75) is 0 Å². The average Bonchev–Trinajstić information content (AvgIpc) is 2.32. The second-order valence-corrected chi connectivity index (χ2v) is 3.48. The van der Waals surface area contributed by atoms with Crippen molar-refractivity contribution < 1.29 is 14.3 Å². The van der Waals surface area contributed by atoms with Crippen LogP contribution in [-0.4, -0.2) is 11.0 Å². The van der Waals surface area contributed by atoms with Gasteiger partial charge in [-0.15, -0.1) is 0 Å². The Labute approximate surface area is 97.5 Å². The summed E-state index contributed by atoms with van der Waals surface area (Å²) < 4.78 is 12.9. The van der Waals surface area contributed by atoms with Crippen LogP contribution in [0.4, 0.5) is 10.1 Å². The first-order valence-electron chi connectivity index (χ1n) is 5.02. The van der Waals surface area contributed by atoms with Gasteiger partial charge in [-0.25, -0.2) is 4.39 Å². The Morgan fingerprint density at radius 3 is 2.59 bits per heavy atom. The van der Waals surface area contributed by atoms with Crippen molar-refractivity contribution in [3.8, 4) is 5.75 Å². The molecule has 4 heteroatoms. The van der Waals surface area contributed by atoms with Crippen LogP contribution in [-0.2, 0) is 0 Å². The van der Waals surface area contributed by atoms with E-state index in [1.54, 1.807) is 18.2 Å². The Bertz CT molecular complexity index is 555. The zero-order chi connectivity index (χ0) is 12.3. The smallest absolute Gasteiger partial charge is 0.255 e. The highest BCUT2D eigenvalue weighted by Gasteiger charge is 2.08. The molecule has 0 radical (unpaired) electrons. The largest absolute Gasteiger partial charge is 0.506 e. The number of hydrogen-bond donors (Lipinski definition) is 2. The molecule has 2 N–H and O–H groups in total. The summed E-state index contributed by atoms with van der Waals surface area (Å²) in [6.45, 7) is 0. The van der Waals surface area contributed by atoms with Gasteiger partial charge in [-0.3, -0.25) is 4.79 Å². The Kier molecular flexibility index (Phi) is 3.05. The Morgan fingerprint density at radius 1 is 1.12 bits per heavy atom. The van der Waals surface area contributed by atoms with E-state index in [0.29, 0.717) is 5.69 Å². The Morgan fingerprint density at radius 2 is 1.88 bits per heavy atom. The lowest BCUT2D eigenvalue weighted by atomic mass is 10.2. The average molecular weight is 231 g/mol. The molecule has 17 heavy (non-hydrogen) atoms. The maximum Gasteiger partial charge on any atom is 0.255 e. The molecule has 3 nitrogen and oxygen atoms in total. The monoisotopic (exact) mass is 231 g/mol. The normalized spacial score (nSPS) is 9.94. The summed E-state index contributed by atoms with van der Waals surface area (Å²) in [4.78, 5) is 11.7. The van der Waals surface area contributed by atoms with E-state index >= 15 is 0 Å². The maximum absolute atomic E-state index is 12.9. The second kappa shape index (κ2) is 4.65. The number of phenolic OH excluding ortho intramolecular Hbond substituents is 1. The van der Waals surface area contributed by atoms with E-state index in [9.17, 15) is 14.3 Å². The van der Waals surface area contributed by atoms with Crippen LogP contribution in [0.15, 0.2) is 48.5 Å². The van der Waals surface area contributed by atoms with E-state index in [1.165, 1.54) is 24.3 Å². The van der Waals surface area contributed by atoms with Crippen molar-refractivity contribution in [2.24, 2.45) is 0 Å². The van der Waals surface area contributed by atoms with Crippen LogP contribution in [0.5, 0.6) is 5.75 Å². The van der Waals surface area contributed by atoms with E-state index in [4.69, 9.17) is 0 Å². The van der Waals surface area contributed by atoms with Crippen molar-refractivity contribution in [1.29, 1.82) is 0 Å². The van der Waals surface area contributed by atoms with E-state index in [-0.39, 0.29) is 11.3 Å². The molecule has 2 rings (SSSR count). The summed E-state index contributed by atoms with van der Waals surface area (Å²) in [7, 11) is 0. The number of carbonyl (C=O) groups excluding carboxylic acids is 1. The molecule has 0 saturated heterocycles. The van der Waals surface area contributed by atoms with Gasteiger partial charge in [0, 0.05) is 5.56 Å². The number of benzene rings is 2. The quantitative estimate of drug-likeness (QED) is 0.781. The molecule has 86 valence electrons. The number of aromatic hydroxyl groups is 1. The zero-order valence-corrected chi connectivity index (χ0v) is 8.85. The Hall–Kier alpha value is -2.36. The van der Waals surface area contributed by atoms with E-state index in [1.807, 2.05) is 0 Å². The fourth-order valence-electron chi connectivity index (χ4n) is 1.40.